The Morgan fingerprint density at radius 1 is 1.44 bits per heavy atom. The second-order valence-corrected chi connectivity index (χ2v) is 5.32. The molecule has 2 aromatic rings. The third-order valence-corrected chi connectivity index (χ3v) is 4.12. The van der Waals surface area contributed by atoms with Crippen LogP contribution in [0.3, 0.4) is 0 Å². The molecule has 5 heteroatoms. The Morgan fingerprint density at radius 3 is 3.00 bits per heavy atom. The van der Waals surface area contributed by atoms with Crippen LogP contribution in [-0.4, -0.2) is 14.8 Å². The van der Waals surface area contributed by atoms with Crippen molar-refractivity contribution in [2.24, 2.45) is 5.73 Å². The van der Waals surface area contributed by atoms with Crippen molar-refractivity contribution in [1.82, 2.24) is 14.8 Å². The van der Waals surface area contributed by atoms with Crippen molar-refractivity contribution in [3.05, 3.63) is 34.0 Å². The second-order valence-electron chi connectivity index (χ2n) is 4.37. The van der Waals surface area contributed by atoms with Gasteiger partial charge in [-0.2, -0.15) is 5.10 Å². The van der Waals surface area contributed by atoms with E-state index in [4.69, 9.17) is 5.73 Å². The Kier molecular flexibility index (Phi) is 4.49. The van der Waals surface area contributed by atoms with Gasteiger partial charge in [0.05, 0.1) is 0 Å². The second kappa shape index (κ2) is 6.11. The highest BCUT2D eigenvalue weighted by Gasteiger charge is 2.15. The van der Waals surface area contributed by atoms with Gasteiger partial charge in [0.15, 0.2) is 0 Å². The highest BCUT2D eigenvalue weighted by atomic mass is 32.1. The van der Waals surface area contributed by atoms with Gasteiger partial charge in [-0.05, 0) is 29.9 Å². The van der Waals surface area contributed by atoms with Crippen LogP contribution in [0.15, 0.2) is 17.8 Å². The van der Waals surface area contributed by atoms with Gasteiger partial charge in [-0.3, -0.25) is 4.68 Å². The van der Waals surface area contributed by atoms with E-state index in [2.05, 4.69) is 35.4 Å². The van der Waals surface area contributed by atoms with E-state index in [1.165, 1.54) is 10.4 Å². The van der Waals surface area contributed by atoms with Gasteiger partial charge in [0.1, 0.15) is 12.2 Å². The molecule has 18 heavy (non-hydrogen) atoms. The SMILES string of the molecule is CCCn1ncnc1CC(N)c1sccc1CC. The summed E-state index contributed by atoms with van der Waals surface area (Å²) in [5, 5.41) is 6.35. The van der Waals surface area contributed by atoms with Gasteiger partial charge in [-0.25, -0.2) is 4.98 Å². The summed E-state index contributed by atoms with van der Waals surface area (Å²) in [6.07, 6.45) is 4.47. The summed E-state index contributed by atoms with van der Waals surface area (Å²) in [6, 6.07) is 2.19. The van der Waals surface area contributed by atoms with Gasteiger partial charge in [-0.1, -0.05) is 13.8 Å². The molecule has 0 aliphatic rings. The minimum absolute atomic E-state index is 0.0276. The minimum Gasteiger partial charge on any atom is -0.323 e. The monoisotopic (exact) mass is 264 g/mol. The van der Waals surface area contributed by atoms with Crippen LogP contribution in [0.25, 0.3) is 0 Å². The van der Waals surface area contributed by atoms with E-state index in [1.54, 1.807) is 17.7 Å². The number of aromatic nitrogens is 3. The minimum atomic E-state index is 0.0276. The van der Waals surface area contributed by atoms with Crippen LogP contribution in [0.4, 0.5) is 0 Å². The van der Waals surface area contributed by atoms with E-state index in [0.717, 1.165) is 31.6 Å². The lowest BCUT2D eigenvalue weighted by Gasteiger charge is -2.12. The molecule has 98 valence electrons. The number of aryl methyl sites for hydroxylation is 2. The predicted molar refractivity (Wildman–Crippen MR) is 74.6 cm³/mol. The standard InChI is InChI=1S/C13H20N4S/c1-3-6-17-12(15-9-16-17)8-11(14)13-10(4-2)5-7-18-13/h5,7,9,11H,3-4,6,8,14H2,1-2H3. The average molecular weight is 264 g/mol. The molecular weight excluding hydrogens is 244 g/mol. The lowest BCUT2D eigenvalue weighted by Crippen LogP contribution is -2.17. The van der Waals surface area contributed by atoms with Crippen molar-refractivity contribution in [1.29, 1.82) is 0 Å². The highest BCUT2D eigenvalue weighted by Crippen LogP contribution is 2.25. The predicted octanol–water partition coefficient (Wildman–Crippen LogP) is 2.55. The molecule has 0 aliphatic heterocycles. The summed E-state index contributed by atoms with van der Waals surface area (Å²) in [6.45, 7) is 5.21. The maximum absolute atomic E-state index is 6.30. The van der Waals surface area contributed by atoms with Gasteiger partial charge in [0.2, 0.25) is 0 Å². The molecule has 2 aromatic heterocycles. The maximum atomic E-state index is 6.30. The first-order chi connectivity index (χ1) is 8.76. The van der Waals surface area contributed by atoms with Crippen molar-refractivity contribution in [3.63, 3.8) is 0 Å². The summed E-state index contributed by atoms with van der Waals surface area (Å²) in [5.74, 6) is 0.986. The van der Waals surface area contributed by atoms with E-state index in [0.29, 0.717) is 0 Å². The third kappa shape index (κ3) is 2.79. The van der Waals surface area contributed by atoms with Crippen molar-refractivity contribution >= 4 is 11.3 Å². The maximum Gasteiger partial charge on any atom is 0.138 e. The summed E-state index contributed by atoms with van der Waals surface area (Å²) in [5.41, 5.74) is 7.66. The molecule has 2 N–H and O–H groups in total. The normalized spacial score (nSPS) is 12.8. The van der Waals surface area contributed by atoms with E-state index in [1.807, 2.05) is 4.68 Å². The molecule has 2 rings (SSSR count). The van der Waals surface area contributed by atoms with E-state index < -0.39 is 0 Å². The molecule has 0 bridgehead atoms. The number of hydrogen-bond donors (Lipinski definition) is 1. The van der Waals surface area contributed by atoms with Crippen molar-refractivity contribution in [2.75, 3.05) is 0 Å². The molecular formula is C13H20N4S. The summed E-state index contributed by atoms with van der Waals surface area (Å²) in [4.78, 5) is 5.60. The molecule has 0 saturated heterocycles. The first kappa shape index (κ1) is 13.2. The number of thiophene rings is 1. The lowest BCUT2D eigenvalue weighted by atomic mass is 10.1. The first-order valence-corrected chi connectivity index (χ1v) is 7.32. The number of hydrogen-bond acceptors (Lipinski definition) is 4. The summed E-state index contributed by atoms with van der Waals surface area (Å²) >= 11 is 1.74. The Bertz CT molecular complexity index is 489. The Balaban J connectivity index is 2.11. The van der Waals surface area contributed by atoms with Crippen molar-refractivity contribution in [2.45, 2.75) is 45.7 Å². The molecule has 0 saturated carbocycles. The Hall–Kier alpha value is -1.20. The largest absolute Gasteiger partial charge is 0.323 e. The molecule has 4 nitrogen and oxygen atoms in total. The molecule has 0 aromatic carbocycles. The average Bonchev–Trinajstić information content (AvgIpc) is 2.98. The Morgan fingerprint density at radius 2 is 2.28 bits per heavy atom. The van der Waals surface area contributed by atoms with Gasteiger partial charge in [-0.15, -0.1) is 11.3 Å². The van der Waals surface area contributed by atoms with E-state index >= 15 is 0 Å². The van der Waals surface area contributed by atoms with Crippen molar-refractivity contribution < 1.29 is 0 Å². The molecule has 0 spiro atoms. The van der Waals surface area contributed by atoms with Crippen LogP contribution < -0.4 is 5.73 Å². The van der Waals surface area contributed by atoms with Gasteiger partial charge < -0.3 is 5.73 Å². The van der Waals surface area contributed by atoms with Gasteiger partial charge in [0.25, 0.3) is 0 Å². The van der Waals surface area contributed by atoms with E-state index in [9.17, 15) is 0 Å². The zero-order valence-electron chi connectivity index (χ0n) is 11.0. The lowest BCUT2D eigenvalue weighted by molar-refractivity contribution is 0.549. The molecule has 1 unspecified atom stereocenters. The van der Waals surface area contributed by atoms with Gasteiger partial charge in [0, 0.05) is 23.9 Å². The number of nitrogens with zero attached hydrogens (tertiary/aromatic N) is 3. The van der Waals surface area contributed by atoms with Crippen LogP contribution >= 0.6 is 11.3 Å². The van der Waals surface area contributed by atoms with Crippen LogP contribution in [0.1, 0.15) is 42.6 Å². The quantitative estimate of drug-likeness (QED) is 0.872. The topological polar surface area (TPSA) is 56.7 Å². The molecule has 0 fully saturated rings. The molecule has 1 atom stereocenters. The van der Waals surface area contributed by atoms with Crippen molar-refractivity contribution in [3.8, 4) is 0 Å². The number of rotatable bonds is 6. The highest BCUT2D eigenvalue weighted by molar-refractivity contribution is 7.10. The Labute approximate surface area is 112 Å². The molecule has 0 radical (unpaired) electrons. The number of nitrogens with two attached hydrogens (primary N) is 1. The molecule has 2 heterocycles. The first-order valence-electron chi connectivity index (χ1n) is 6.44. The zero-order valence-corrected chi connectivity index (χ0v) is 11.8. The summed E-state index contributed by atoms with van der Waals surface area (Å²) < 4.78 is 1.96. The van der Waals surface area contributed by atoms with Crippen LogP contribution in [0.2, 0.25) is 0 Å². The van der Waals surface area contributed by atoms with Crippen LogP contribution in [0, 0.1) is 0 Å². The molecule has 0 aliphatic carbocycles. The summed E-state index contributed by atoms with van der Waals surface area (Å²) in [7, 11) is 0. The fraction of sp³-hybridized carbons (Fsp3) is 0.538. The van der Waals surface area contributed by atoms with Crippen LogP contribution in [-0.2, 0) is 19.4 Å². The fourth-order valence-corrected chi connectivity index (χ4v) is 3.10. The van der Waals surface area contributed by atoms with E-state index in [-0.39, 0.29) is 6.04 Å². The molecule has 0 amide bonds. The third-order valence-electron chi connectivity index (χ3n) is 3.03. The van der Waals surface area contributed by atoms with Crippen LogP contribution in [0.5, 0.6) is 0 Å². The zero-order chi connectivity index (χ0) is 13.0. The fourth-order valence-electron chi connectivity index (χ4n) is 2.10. The smallest absolute Gasteiger partial charge is 0.138 e. The van der Waals surface area contributed by atoms with Gasteiger partial charge >= 0.3 is 0 Å².